The Morgan fingerprint density at radius 1 is 1.19 bits per heavy atom. The molecule has 1 aromatic heterocycles. The maximum Gasteiger partial charge on any atom is 0.434 e. The van der Waals surface area contributed by atoms with Crippen LogP contribution in [0.2, 0.25) is 0 Å². The molecule has 0 amide bonds. The number of thiazole rings is 1. The molecule has 0 unspecified atom stereocenters. The van der Waals surface area contributed by atoms with E-state index in [1.54, 1.807) is 38.4 Å². The molecule has 26 heavy (non-hydrogen) atoms. The number of methoxy groups -OCH3 is 1. The molecule has 0 fully saturated rings. The van der Waals surface area contributed by atoms with Crippen molar-refractivity contribution in [2.24, 2.45) is 4.99 Å². The Bertz CT molecular complexity index is 717. The summed E-state index contributed by atoms with van der Waals surface area (Å²) in [6, 6.07) is 7.19. The van der Waals surface area contributed by atoms with Crippen molar-refractivity contribution in [3.8, 4) is 11.5 Å². The molecule has 142 valence electrons. The molecule has 0 atom stereocenters. The van der Waals surface area contributed by atoms with Gasteiger partial charge in [-0.25, -0.2) is 4.98 Å². The van der Waals surface area contributed by atoms with Gasteiger partial charge in [0.25, 0.3) is 0 Å². The molecule has 2 rings (SSSR count). The standard InChI is InChI=1S/C16H19F3N4O2S/c1-20-15(22-9-14-23-13(10-26-14)16(17,18)19)21-7-8-25-12-5-3-11(24-2)4-6-12/h3-6,10H,7-9H2,1-2H3,(H2,20,21,22). The first-order valence-electron chi connectivity index (χ1n) is 7.65. The second kappa shape index (κ2) is 9.27. The van der Waals surface area contributed by atoms with Crippen molar-refractivity contribution in [2.45, 2.75) is 12.7 Å². The Morgan fingerprint density at radius 2 is 1.88 bits per heavy atom. The number of rotatable bonds is 7. The lowest BCUT2D eigenvalue weighted by Crippen LogP contribution is -2.38. The fraction of sp³-hybridized carbons (Fsp3) is 0.375. The van der Waals surface area contributed by atoms with Gasteiger partial charge in [0.05, 0.1) is 20.2 Å². The largest absolute Gasteiger partial charge is 0.497 e. The van der Waals surface area contributed by atoms with Crippen molar-refractivity contribution in [2.75, 3.05) is 27.3 Å². The van der Waals surface area contributed by atoms with Crippen LogP contribution in [0.5, 0.6) is 11.5 Å². The second-order valence-electron chi connectivity index (χ2n) is 5.00. The number of halogens is 3. The molecule has 1 heterocycles. The summed E-state index contributed by atoms with van der Waals surface area (Å²) >= 11 is 0.946. The Balaban J connectivity index is 1.71. The van der Waals surface area contributed by atoms with E-state index in [-0.39, 0.29) is 6.54 Å². The molecular formula is C16H19F3N4O2S. The lowest BCUT2D eigenvalue weighted by Gasteiger charge is -2.12. The Hall–Kier alpha value is -2.49. The number of benzene rings is 1. The number of aliphatic imine (C=N–C) groups is 1. The Labute approximate surface area is 153 Å². The van der Waals surface area contributed by atoms with Crippen molar-refractivity contribution >= 4 is 17.3 Å². The SMILES string of the molecule is CN=C(NCCOc1ccc(OC)cc1)NCc1nc(C(F)(F)F)cs1. The fourth-order valence-electron chi connectivity index (χ4n) is 1.91. The van der Waals surface area contributed by atoms with Crippen molar-refractivity contribution in [1.29, 1.82) is 0 Å². The van der Waals surface area contributed by atoms with Crippen LogP contribution in [0, 0.1) is 0 Å². The van der Waals surface area contributed by atoms with E-state index in [9.17, 15) is 13.2 Å². The van der Waals surface area contributed by atoms with Crippen LogP contribution in [0.15, 0.2) is 34.6 Å². The van der Waals surface area contributed by atoms with Crippen LogP contribution in [0.3, 0.4) is 0 Å². The Morgan fingerprint density at radius 3 is 2.46 bits per heavy atom. The van der Waals surface area contributed by atoms with Crippen molar-refractivity contribution in [3.05, 3.63) is 40.3 Å². The first-order valence-corrected chi connectivity index (χ1v) is 8.53. The van der Waals surface area contributed by atoms with Crippen LogP contribution in [-0.4, -0.2) is 38.3 Å². The van der Waals surface area contributed by atoms with Gasteiger partial charge in [-0.2, -0.15) is 13.2 Å². The first kappa shape index (κ1) is 19.8. The number of hydrogen-bond acceptors (Lipinski definition) is 5. The fourth-order valence-corrected chi connectivity index (χ4v) is 2.65. The summed E-state index contributed by atoms with van der Waals surface area (Å²) in [6.45, 7) is 1.01. The maximum absolute atomic E-state index is 12.5. The van der Waals surface area contributed by atoms with Crippen LogP contribution in [0.1, 0.15) is 10.7 Å². The van der Waals surface area contributed by atoms with Gasteiger partial charge in [-0.05, 0) is 24.3 Å². The zero-order chi connectivity index (χ0) is 19.0. The number of hydrogen-bond donors (Lipinski definition) is 2. The topological polar surface area (TPSA) is 67.8 Å². The second-order valence-corrected chi connectivity index (χ2v) is 5.94. The van der Waals surface area contributed by atoms with Gasteiger partial charge in [-0.1, -0.05) is 0 Å². The molecule has 6 nitrogen and oxygen atoms in total. The lowest BCUT2D eigenvalue weighted by atomic mass is 10.3. The smallest absolute Gasteiger partial charge is 0.434 e. The predicted octanol–water partition coefficient (Wildman–Crippen LogP) is 2.91. The third-order valence-electron chi connectivity index (χ3n) is 3.20. The highest BCUT2D eigenvalue weighted by Gasteiger charge is 2.33. The van der Waals surface area contributed by atoms with E-state index in [1.807, 2.05) is 0 Å². The summed E-state index contributed by atoms with van der Waals surface area (Å²) in [5, 5.41) is 7.25. The van der Waals surface area contributed by atoms with Crippen molar-refractivity contribution in [1.82, 2.24) is 15.6 Å². The van der Waals surface area contributed by atoms with Crippen LogP contribution in [0.25, 0.3) is 0 Å². The molecule has 0 spiro atoms. The summed E-state index contributed by atoms with van der Waals surface area (Å²) in [4.78, 5) is 7.55. The quantitative estimate of drug-likeness (QED) is 0.434. The van der Waals surface area contributed by atoms with Crippen LogP contribution < -0.4 is 20.1 Å². The molecule has 0 saturated heterocycles. The highest BCUT2D eigenvalue weighted by Crippen LogP contribution is 2.29. The molecule has 0 bridgehead atoms. The first-order chi connectivity index (χ1) is 12.4. The van der Waals surface area contributed by atoms with E-state index in [1.165, 1.54) is 0 Å². The molecule has 0 radical (unpaired) electrons. The molecule has 10 heteroatoms. The zero-order valence-electron chi connectivity index (χ0n) is 14.3. The summed E-state index contributed by atoms with van der Waals surface area (Å²) < 4.78 is 48.2. The van der Waals surface area contributed by atoms with E-state index in [0.717, 1.165) is 22.5 Å². The minimum absolute atomic E-state index is 0.153. The van der Waals surface area contributed by atoms with E-state index in [4.69, 9.17) is 9.47 Å². The molecule has 2 aromatic rings. The van der Waals surface area contributed by atoms with Crippen LogP contribution in [0.4, 0.5) is 13.2 Å². The maximum atomic E-state index is 12.5. The number of aromatic nitrogens is 1. The van der Waals surface area contributed by atoms with Crippen LogP contribution in [-0.2, 0) is 12.7 Å². The lowest BCUT2D eigenvalue weighted by molar-refractivity contribution is -0.140. The summed E-state index contributed by atoms with van der Waals surface area (Å²) in [5.41, 5.74) is -0.880. The van der Waals surface area contributed by atoms with Gasteiger partial charge in [-0.3, -0.25) is 4.99 Å². The van der Waals surface area contributed by atoms with E-state index >= 15 is 0 Å². The third kappa shape index (κ3) is 6.10. The number of alkyl halides is 3. The number of ether oxygens (including phenoxy) is 2. The third-order valence-corrected chi connectivity index (χ3v) is 4.04. The zero-order valence-corrected chi connectivity index (χ0v) is 15.1. The molecule has 0 aliphatic carbocycles. The van der Waals surface area contributed by atoms with Crippen molar-refractivity contribution in [3.63, 3.8) is 0 Å². The van der Waals surface area contributed by atoms with E-state index in [0.29, 0.717) is 29.9 Å². The minimum atomic E-state index is -4.42. The van der Waals surface area contributed by atoms with Gasteiger partial charge in [0.15, 0.2) is 11.7 Å². The molecule has 2 N–H and O–H groups in total. The van der Waals surface area contributed by atoms with Crippen molar-refractivity contribution < 1.29 is 22.6 Å². The summed E-state index contributed by atoms with van der Waals surface area (Å²) in [7, 11) is 3.16. The average molecular weight is 388 g/mol. The summed E-state index contributed by atoms with van der Waals surface area (Å²) in [6.07, 6.45) is -4.42. The molecule has 0 aliphatic heterocycles. The van der Waals surface area contributed by atoms with Gasteiger partial charge in [0.2, 0.25) is 0 Å². The van der Waals surface area contributed by atoms with Gasteiger partial charge < -0.3 is 20.1 Å². The highest BCUT2D eigenvalue weighted by atomic mass is 32.1. The summed E-state index contributed by atoms with van der Waals surface area (Å²) in [5.74, 6) is 1.90. The number of nitrogens with zero attached hydrogens (tertiary/aromatic N) is 2. The minimum Gasteiger partial charge on any atom is -0.497 e. The van der Waals surface area contributed by atoms with Crippen LogP contribution >= 0.6 is 11.3 Å². The van der Waals surface area contributed by atoms with E-state index < -0.39 is 11.9 Å². The Kier molecular flexibility index (Phi) is 7.07. The van der Waals surface area contributed by atoms with Gasteiger partial charge >= 0.3 is 6.18 Å². The molecule has 1 aromatic carbocycles. The predicted molar refractivity (Wildman–Crippen MR) is 93.8 cm³/mol. The molecule has 0 aliphatic rings. The van der Waals surface area contributed by atoms with Gasteiger partial charge in [0, 0.05) is 12.4 Å². The highest BCUT2D eigenvalue weighted by molar-refractivity contribution is 7.09. The number of nitrogens with one attached hydrogen (secondary N) is 2. The molecule has 0 saturated carbocycles. The monoisotopic (exact) mass is 388 g/mol. The average Bonchev–Trinajstić information content (AvgIpc) is 3.11. The van der Waals surface area contributed by atoms with Gasteiger partial charge in [0.1, 0.15) is 23.1 Å². The number of guanidine groups is 1. The van der Waals surface area contributed by atoms with Gasteiger partial charge in [-0.15, -0.1) is 11.3 Å². The normalized spacial score (nSPS) is 12.0. The van der Waals surface area contributed by atoms with E-state index in [2.05, 4.69) is 20.6 Å². The molecular weight excluding hydrogens is 369 g/mol.